The number of esters is 1. The topological polar surface area (TPSA) is 35.5 Å². The van der Waals surface area contributed by atoms with Crippen LogP contribution >= 0.6 is 0 Å². The van der Waals surface area contributed by atoms with Crippen molar-refractivity contribution in [3.63, 3.8) is 0 Å². The molecule has 0 radical (unpaired) electrons. The highest BCUT2D eigenvalue weighted by Crippen LogP contribution is 2.19. The molecule has 1 aliphatic rings. The molecule has 1 rings (SSSR count). The molecule has 1 fully saturated rings. The van der Waals surface area contributed by atoms with Gasteiger partial charge in [-0.15, -0.1) is 0 Å². The Balaban J connectivity index is 2.33. The Hall–Kier alpha value is -0.830. The molecule has 3 heteroatoms. The Kier molecular flexibility index (Phi) is 2.65. The predicted octanol–water partition coefficient (Wildman–Crippen LogP) is 0.752. The van der Waals surface area contributed by atoms with Crippen LogP contribution in [-0.2, 0) is 14.3 Å². The molecular weight excluding hydrogens is 144 g/mol. The summed E-state index contributed by atoms with van der Waals surface area (Å²) in [6, 6.07) is 0. The SMILES string of the molecule is C=C(C(=O)OCC)C1COC1. The van der Waals surface area contributed by atoms with Gasteiger partial charge in [-0.25, -0.2) is 4.79 Å². The lowest BCUT2D eigenvalue weighted by atomic mass is 9.99. The molecule has 0 aromatic carbocycles. The lowest BCUT2D eigenvalue weighted by molar-refractivity contribution is -0.141. The van der Waals surface area contributed by atoms with Gasteiger partial charge in [0.1, 0.15) is 0 Å². The van der Waals surface area contributed by atoms with Crippen LogP contribution in [0.3, 0.4) is 0 Å². The smallest absolute Gasteiger partial charge is 0.333 e. The lowest BCUT2D eigenvalue weighted by Gasteiger charge is -2.26. The third-order valence-electron chi connectivity index (χ3n) is 1.67. The van der Waals surface area contributed by atoms with E-state index in [2.05, 4.69) is 6.58 Å². The zero-order valence-electron chi connectivity index (χ0n) is 6.63. The van der Waals surface area contributed by atoms with E-state index in [4.69, 9.17) is 9.47 Å². The first-order valence-corrected chi connectivity index (χ1v) is 3.69. The zero-order chi connectivity index (χ0) is 8.27. The van der Waals surface area contributed by atoms with Gasteiger partial charge in [-0.2, -0.15) is 0 Å². The monoisotopic (exact) mass is 156 g/mol. The summed E-state index contributed by atoms with van der Waals surface area (Å²) in [6.45, 7) is 7.05. The standard InChI is InChI=1S/C8H12O3/c1-3-11-8(9)6(2)7-4-10-5-7/h7H,2-5H2,1H3. The quantitative estimate of drug-likeness (QED) is 0.447. The maximum atomic E-state index is 11.0. The van der Waals surface area contributed by atoms with Crippen LogP contribution in [-0.4, -0.2) is 25.8 Å². The predicted molar refractivity (Wildman–Crippen MR) is 40.1 cm³/mol. The van der Waals surface area contributed by atoms with Gasteiger partial charge < -0.3 is 9.47 Å². The first kappa shape index (κ1) is 8.27. The summed E-state index contributed by atoms with van der Waals surface area (Å²) in [6.07, 6.45) is 0. The van der Waals surface area contributed by atoms with Crippen molar-refractivity contribution in [3.8, 4) is 0 Å². The van der Waals surface area contributed by atoms with E-state index < -0.39 is 0 Å². The highest BCUT2D eigenvalue weighted by atomic mass is 16.5. The molecule has 0 unspecified atom stereocenters. The number of ether oxygens (including phenoxy) is 2. The van der Waals surface area contributed by atoms with E-state index in [1.807, 2.05) is 0 Å². The highest BCUT2D eigenvalue weighted by molar-refractivity contribution is 5.88. The molecule has 0 spiro atoms. The molecule has 0 bridgehead atoms. The van der Waals surface area contributed by atoms with Crippen LogP contribution in [0.25, 0.3) is 0 Å². The van der Waals surface area contributed by atoms with Crippen LogP contribution in [0.15, 0.2) is 12.2 Å². The van der Waals surface area contributed by atoms with Gasteiger partial charge in [0.2, 0.25) is 0 Å². The number of hydrogen-bond donors (Lipinski definition) is 0. The number of hydrogen-bond acceptors (Lipinski definition) is 3. The van der Waals surface area contributed by atoms with Crippen LogP contribution < -0.4 is 0 Å². The maximum absolute atomic E-state index is 11.0. The second-order valence-electron chi connectivity index (χ2n) is 2.48. The Morgan fingerprint density at radius 1 is 1.73 bits per heavy atom. The molecule has 11 heavy (non-hydrogen) atoms. The summed E-state index contributed by atoms with van der Waals surface area (Å²) in [7, 11) is 0. The highest BCUT2D eigenvalue weighted by Gasteiger charge is 2.26. The molecule has 1 aliphatic heterocycles. The summed E-state index contributed by atoms with van der Waals surface area (Å²) in [5.74, 6) is -0.102. The molecule has 0 amide bonds. The van der Waals surface area contributed by atoms with E-state index in [1.165, 1.54) is 0 Å². The third kappa shape index (κ3) is 1.80. The molecule has 62 valence electrons. The van der Waals surface area contributed by atoms with E-state index in [0.717, 1.165) is 0 Å². The molecule has 0 saturated carbocycles. The van der Waals surface area contributed by atoms with E-state index in [-0.39, 0.29) is 11.9 Å². The van der Waals surface area contributed by atoms with Crippen molar-refractivity contribution in [2.75, 3.05) is 19.8 Å². The molecule has 1 saturated heterocycles. The Morgan fingerprint density at radius 3 is 2.73 bits per heavy atom. The van der Waals surface area contributed by atoms with E-state index in [0.29, 0.717) is 25.4 Å². The Labute approximate surface area is 66.0 Å². The lowest BCUT2D eigenvalue weighted by Crippen LogP contribution is -2.32. The molecule has 0 aromatic heterocycles. The van der Waals surface area contributed by atoms with Crippen molar-refractivity contribution in [2.24, 2.45) is 5.92 Å². The van der Waals surface area contributed by atoms with Gasteiger partial charge in [0.25, 0.3) is 0 Å². The van der Waals surface area contributed by atoms with Crippen LogP contribution in [0.1, 0.15) is 6.92 Å². The first-order valence-electron chi connectivity index (χ1n) is 3.69. The second-order valence-corrected chi connectivity index (χ2v) is 2.48. The second kappa shape index (κ2) is 3.53. The summed E-state index contributed by atoms with van der Waals surface area (Å²) in [5, 5.41) is 0. The average Bonchev–Trinajstić information content (AvgIpc) is 1.84. The average molecular weight is 156 g/mol. The van der Waals surface area contributed by atoms with Gasteiger partial charge in [0, 0.05) is 11.5 Å². The largest absolute Gasteiger partial charge is 0.463 e. The van der Waals surface area contributed by atoms with Crippen molar-refractivity contribution >= 4 is 5.97 Å². The van der Waals surface area contributed by atoms with E-state index in [1.54, 1.807) is 6.92 Å². The van der Waals surface area contributed by atoms with Crippen molar-refractivity contribution in [3.05, 3.63) is 12.2 Å². The van der Waals surface area contributed by atoms with Gasteiger partial charge in [-0.05, 0) is 6.92 Å². The van der Waals surface area contributed by atoms with Gasteiger partial charge in [0.15, 0.2) is 0 Å². The summed E-state index contributed by atoms with van der Waals surface area (Å²) in [4.78, 5) is 11.0. The van der Waals surface area contributed by atoms with Crippen LogP contribution in [0.4, 0.5) is 0 Å². The third-order valence-corrected chi connectivity index (χ3v) is 1.67. The van der Waals surface area contributed by atoms with Crippen LogP contribution in [0, 0.1) is 5.92 Å². The van der Waals surface area contributed by atoms with Gasteiger partial charge >= 0.3 is 5.97 Å². The minimum atomic E-state index is -0.291. The summed E-state index contributed by atoms with van der Waals surface area (Å²) in [5.41, 5.74) is 0.540. The number of carbonyl (C=O) groups excluding carboxylic acids is 1. The fourth-order valence-electron chi connectivity index (χ4n) is 0.827. The molecule has 0 aromatic rings. The minimum Gasteiger partial charge on any atom is -0.463 e. The molecule has 0 N–H and O–H groups in total. The molecule has 0 atom stereocenters. The number of carbonyl (C=O) groups is 1. The van der Waals surface area contributed by atoms with Gasteiger partial charge in [0.05, 0.1) is 19.8 Å². The van der Waals surface area contributed by atoms with E-state index in [9.17, 15) is 4.79 Å². The summed E-state index contributed by atoms with van der Waals surface area (Å²) >= 11 is 0. The van der Waals surface area contributed by atoms with Crippen LogP contribution in [0.5, 0.6) is 0 Å². The Bertz CT molecular complexity index is 170. The maximum Gasteiger partial charge on any atom is 0.333 e. The zero-order valence-corrected chi connectivity index (χ0v) is 6.63. The first-order chi connectivity index (χ1) is 5.25. The van der Waals surface area contributed by atoms with Crippen molar-refractivity contribution in [2.45, 2.75) is 6.92 Å². The molecule has 1 heterocycles. The fourth-order valence-corrected chi connectivity index (χ4v) is 0.827. The molecule has 3 nitrogen and oxygen atoms in total. The number of rotatable bonds is 3. The van der Waals surface area contributed by atoms with Gasteiger partial charge in [-0.3, -0.25) is 0 Å². The van der Waals surface area contributed by atoms with Crippen LogP contribution in [0.2, 0.25) is 0 Å². The Morgan fingerprint density at radius 2 is 2.36 bits per heavy atom. The molecule has 0 aliphatic carbocycles. The van der Waals surface area contributed by atoms with Crippen molar-refractivity contribution in [1.82, 2.24) is 0 Å². The van der Waals surface area contributed by atoms with Gasteiger partial charge in [-0.1, -0.05) is 6.58 Å². The van der Waals surface area contributed by atoms with E-state index >= 15 is 0 Å². The van der Waals surface area contributed by atoms with Crippen molar-refractivity contribution < 1.29 is 14.3 Å². The molecular formula is C8H12O3. The fraction of sp³-hybridized carbons (Fsp3) is 0.625. The normalized spacial score (nSPS) is 17.2. The summed E-state index contributed by atoms with van der Waals surface area (Å²) < 4.78 is 9.68. The minimum absolute atomic E-state index is 0.189. The van der Waals surface area contributed by atoms with Crippen molar-refractivity contribution in [1.29, 1.82) is 0 Å².